The van der Waals surface area contributed by atoms with E-state index in [9.17, 15) is 0 Å². The molecule has 0 atom stereocenters. The molecule has 2 heterocycles. The van der Waals surface area contributed by atoms with Crippen molar-refractivity contribution in [3.8, 4) is 0 Å². The van der Waals surface area contributed by atoms with Crippen LogP contribution in [0.25, 0.3) is 0 Å². The van der Waals surface area contributed by atoms with Gasteiger partial charge in [0.2, 0.25) is 0 Å². The standard InChI is InChI=1S/C15H16N2.C2H2O4/c1-2-6-15-12-17(9-7-14(15)5-1)11-13-4-3-8-16-10-13;3-1(4)2(5)6/h1-6,8,10H,7,9,11-12H2;(H,3,4)(H,5,6). The molecule has 0 spiro atoms. The van der Waals surface area contributed by atoms with Gasteiger partial charge < -0.3 is 10.2 Å². The fourth-order valence-corrected chi connectivity index (χ4v) is 2.44. The monoisotopic (exact) mass is 314 g/mol. The Morgan fingerprint density at radius 1 is 1.04 bits per heavy atom. The van der Waals surface area contributed by atoms with Crippen LogP contribution >= 0.6 is 0 Å². The number of aliphatic carboxylic acids is 2. The quantitative estimate of drug-likeness (QED) is 0.821. The van der Waals surface area contributed by atoms with E-state index in [2.05, 4.69) is 40.2 Å². The summed E-state index contributed by atoms with van der Waals surface area (Å²) in [5, 5.41) is 14.8. The van der Waals surface area contributed by atoms with E-state index in [1.807, 2.05) is 18.5 Å². The molecule has 0 amide bonds. The fourth-order valence-electron chi connectivity index (χ4n) is 2.44. The van der Waals surface area contributed by atoms with Gasteiger partial charge in [0.05, 0.1) is 0 Å². The summed E-state index contributed by atoms with van der Waals surface area (Å²) in [6.07, 6.45) is 4.95. The Morgan fingerprint density at radius 2 is 1.74 bits per heavy atom. The van der Waals surface area contributed by atoms with E-state index in [-0.39, 0.29) is 0 Å². The summed E-state index contributed by atoms with van der Waals surface area (Å²) >= 11 is 0. The summed E-state index contributed by atoms with van der Waals surface area (Å²) in [6, 6.07) is 12.9. The van der Waals surface area contributed by atoms with Crippen molar-refractivity contribution in [2.45, 2.75) is 19.5 Å². The van der Waals surface area contributed by atoms with Gasteiger partial charge in [-0.25, -0.2) is 9.59 Å². The molecule has 0 radical (unpaired) electrons. The van der Waals surface area contributed by atoms with Crippen molar-refractivity contribution in [2.75, 3.05) is 6.54 Å². The van der Waals surface area contributed by atoms with Crippen LogP contribution in [0, 0.1) is 0 Å². The van der Waals surface area contributed by atoms with Gasteiger partial charge in [-0.2, -0.15) is 0 Å². The highest BCUT2D eigenvalue weighted by Crippen LogP contribution is 2.19. The largest absolute Gasteiger partial charge is 0.473 e. The Labute approximate surface area is 134 Å². The third-order valence-electron chi connectivity index (χ3n) is 3.52. The Morgan fingerprint density at radius 3 is 2.35 bits per heavy atom. The lowest BCUT2D eigenvalue weighted by Crippen LogP contribution is -2.29. The molecule has 1 aromatic carbocycles. The molecule has 1 aromatic heterocycles. The minimum Gasteiger partial charge on any atom is -0.473 e. The average Bonchev–Trinajstić information content (AvgIpc) is 2.56. The summed E-state index contributed by atoms with van der Waals surface area (Å²) in [5.41, 5.74) is 4.28. The molecule has 1 aliphatic heterocycles. The van der Waals surface area contributed by atoms with E-state index >= 15 is 0 Å². The lowest BCUT2D eigenvalue weighted by atomic mass is 10.00. The number of carboxylic acids is 2. The molecule has 0 unspecified atom stereocenters. The summed E-state index contributed by atoms with van der Waals surface area (Å²) < 4.78 is 0. The zero-order chi connectivity index (χ0) is 16.7. The molecule has 0 saturated heterocycles. The number of pyridine rings is 1. The first kappa shape index (κ1) is 16.6. The Hall–Kier alpha value is -2.73. The molecule has 120 valence electrons. The number of nitrogens with zero attached hydrogens (tertiary/aromatic N) is 2. The zero-order valence-corrected chi connectivity index (χ0v) is 12.6. The predicted molar refractivity (Wildman–Crippen MR) is 83.8 cm³/mol. The third-order valence-corrected chi connectivity index (χ3v) is 3.52. The minimum atomic E-state index is -1.82. The maximum Gasteiger partial charge on any atom is 0.414 e. The van der Waals surface area contributed by atoms with E-state index < -0.39 is 11.9 Å². The maximum atomic E-state index is 9.10. The number of fused-ring (bicyclic) bond motifs is 1. The van der Waals surface area contributed by atoms with E-state index in [1.165, 1.54) is 16.7 Å². The van der Waals surface area contributed by atoms with Crippen LogP contribution in [-0.2, 0) is 29.1 Å². The van der Waals surface area contributed by atoms with Crippen molar-refractivity contribution >= 4 is 11.9 Å². The van der Waals surface area contributed by atoms with Crippen molar-refractivity contribution in [3.05, 3.63) is 65.5 Å². The average molecular weight is 314 g/mol. The van der Waals surface area contributed by atoms with E-state index in [1.54, 1.807) is 0 Å². The first-order chi connectivity index (χ1) is 11.1. The number of benzene rings is 1. The second-order valence-corrected chi connectivity index (χ2v) is 5.20. The highest BCUT2D eigenvalue weighted by atomic mass is 16.4. The maximum absolute atomic E-state index is 9.10. The van der Waals surface area contributed by atoms with E-state index in [0.717, 1.165) is 26.1 Å². The van der Waals surface area contributed by atoms with Crippen LogP contribution < -0.4 is 0 Å². The summed E-state index contributed by atoms with van der Waals surface area (Å²) in [4.78, 5) is 24.9. The highest BCUT2D eigenvalue weighted by molar-refractivity contribution is 6.27. The number of carboxylic acid groups (broad SMARTS) is 2. The first-order valence-electron chi connectivity index (χ1n) is 7.20. The lowest BCUT2D eigenvalue weighted by molar-refractivity contribution is -0.159. The SMILES string of the molecule is O=C(O)C(=O)O.c1cncc(CN2CCc3ccccc3C2)c1. The van der Waals surface area contributed by atoms with Crippen molar-refractivity contribution in [3.63, 3.8) is 0 Å². The topological polar surface area (TPSA) is 90.7 Å². The van der Waals surface area contributed by atoms with Crippen molar-refractivity contribution in [2.24, 2.45) is 0 Å². The molecular formula is C17H18N2O4. The lowest BCUT2D eigenvalue weighted by Gasteiger charge is -2.28. The molecule has 23 heavy (non-hydrogen) atoms. The molecule has 0 bridgehead atoms. The van der Waals surface area contributed by atoms with Crippen molar-refractivity contribution in [1.82, 2.24) is 9.88 Å². The first-order valence-corrected chi connectivity index (χ1v) is 7.20. The van der Waals surface area contributed by atoms with Gasteiger partial charge in [0.15, 0.2) is 0 Å². The Kier molecular flexibility index (Phi) is 5.82. The molecule has 6 heteroatoms. The number of hydrogen-bond donors (Lipinski definition) is 2. The second kappa shape index (κ2) is 8.05. The molecule has 6 nitrogen and oxygen atoms in total. The van der Waals surface area contributed by atoms with Gasteiger partial charge in [-0.1, -0.05) is 30.3 Å². The van der Waals surface area contributed by atoms with Gasteiger partial charge in [0, 0.05) is 32.0 Å². The van der Waals surface area contributed by atoms with Crippen LogP contribution in [-0.4, -0.2) is 38.6 Å². The number of carbonyl (C=O) groups is 2. The normalized spacial score (nSPS) is 13.4. The van der Waals surface area contributed by atoms with Crippen LogP contribution in [0.4, 0.5) is 0 Å². The predicted octanol–water partition coefficient (Wildman–Crippen LogP) is 1.80. The molecule has 1 aliphatic rings. The van der Waals surface area contributed by atoms with Gasteiger partial charge in [-0.15, -0.1) is 0 Å². The molecule has 0 aliphatic carbocycles. The number of rotatable bonds is 2. The van der Waals surface area contributed by atoms with E-state index in [4.69, 9.17) is 19.8 Å². The highest BCUT2D eigenvalue weighted by Gasteiger charge is 2.15. The fraction of sp³-hybridized carbons (Fsp3) is 0.235. The minimum absolute atomic E-state index is 1.00. The molecule has 2 aromatic rings. The molecular weight excluding hydrogens is 296 g/mol. The van der Waals surface area contributed by atoms with Crippen molar-refractivity contribution in [1.29, 1.82) is 0 Å². The summed E-state index contributed by atoms with van der Waals surface area (Å²) in [7, 11) is 0. The van der Waals surface area contributed by atoms with Gasteiger partial charge in [-0.3, -0.25) is 9.88 Å². The van der Waals surface area contributed by atoms with Gasteiger partial charge in [-0.05, 0) is 29.2 Å². The zero-order valence-electron chi connectivity index (χ0n) is 12.6. The van der Waals surface area contributed by atoms with Gasteiger partial charge >= 0.3 is 11.9 Å². The Balaban J connectivity index is 0.000000277. The Bertz CT molecular complexity index is 661. The number of hydrogen-bond acceptors (Lipinski definition) is 4. The molecule has 2 N–H and O–H groups in total. The third kappa shape index (κ3) is 5.19. The van der Waals surface area contributed by atoms with Gasteiger partial charge in [0.1, 0.15) is 0 Å². The van der Waals surface area contributed by atoms with E-state index in [0.29, 0.717) is 0 Å². The van der Waals surface area contributed by atoms with Crippen LogP contribution in [0.1, 0.15) is 16.7 Å². The second-order valence-electron chi connectivity index (χ2n) is 5.20. The molecule has 0 fully saturated rings. The van der Waals surface area contributed by atoms with Crippen LogP contribution in [0.2, 0.25) is 0 Å². The number of aromatic nitrogens is 1. The van der Waals surface area contributed by atoms with Crippen LogP contribution in [0.5, 0.6) is 0 Å². The van der Waals surface area contributed by atoms with Crippen molar-refractivity contribution < 1.29 is 19.8 Å². The summed E-state index contributed by atoms with van der Waals surface area (Å²) in [5.74, 6) is -3.65. The smallest absolute Gasteiger partial charge is 0.414 e. The molecule has 3 rings (SSSR count). The molecule has 0 saturated carbocycles. The van der Waals surface area contributed by atoms with Gasteiger partial charge in [0.25, 0.3) is 0 Å². The van der Waals surface area contributed by atoms with Crippen LogP contribution in [0.15, 0.2) is 48.8 Å². The summed E-state index contributed by atoms with van der Waals surface area (Å²) in [6.45, 7) is 3.21. The van der Waals surface area contributed by atoms with Crippen LogP contribution in [0.3, 0.4) is 0 Å².